The lowest BCUT2D eigenvalue weighted by Crippen LogP contribution is -2.24. The second-order valence-corrected chi connectivity index (χ2v) is 5.38. The lowest BCUT2D eigenvalue weighted by Gasteiger charge is -2.22. The van der Waals surface area contributed by atoms with Crippen LogP contribution >= 0.6 is 0 Å². The first-order valence-electron chi connectivity index (χ1n) is 7.47. The molecule has 0 saturated heterocycles. The number of para-hydroxylation sites is 1. The maximum Gasteiger partial charge on any atom is 0.0681 e. The Morgan fingerprint density at radius 2 is 1.62 bits per heavy atom. The first-order chi connectivity index (χ1) is 10.2. The number of hydrogen-bond donors (Lipinski definition) is 2. The zero-order valence-corrected chi connectivity index (χ0v) is 12.6. The molecule has 0 aromatic heterocycles. The SMILES string of the molecule is CCCN(Cc1ccc(CO)cc1)Cc1ccccc1N. The maximum absolute atomic E-state index is 9.10. The average Bonchev–Trinajstić information content (AvgIpc) is 2.50. The van der Waals surface area contributed by atoms with E-state index in [1.165, 1.54) is 11.1 Å². The van der Waals surface area contributed by atoms with Crippen LogP contribution < -0.4 is 5.73 Å². The standard InChI is InChI=1S/C18H24N2O/c1-2-11-20(13-17-5-3-4-6-18(17)19)12-15-7-9-16(14-21)10-8-15/h3-10,21H,2,11-14,19H2,1H3. The molecule has 0 spiro atoms. The predicted molar refractivity (Wildman–Crippen MR) is 87.6 cm³/mol. The van der Waals surface area contributed by atoms with Crippen LogP contribution in [0, 0.1) is 0 Å². The zero-order chi connectivity index (χ0) is 15.1. The van der Waals surface area contributed by atoms with Gasteiger partial charge >= 0.3 is 0 Å². The Hall–Kier alpha value is -1.84. The van der Waals surface area contributed by atoms with Crippen molar-refractivity contribution in [2.75, 3.05) is 12.3 Å². The summed E-state index contributed by atoms with van der Waals surface area (Å²) in [5.41, 5.74) is 10.3. The minimum atomic E-state index is 0.0967. The van der Waals surface area contributed by atoms with Gasteiger partial charge in [0.15, 0.2) is 0 Å². The van der Waals surface area contributed by atoms with Gasteiger partial charge in [0.1, 0.15) is 0 Å². The van der Waals surface area contributed by atoms with Crippen LogP contribution in [-0.4, -0.2) is 16.6 Å². The Kier molecular flexibility index (Phi) is 5.78. The zero-order valence-electron chi connectivity index (χ0n) is 12.6. The minimum Gasteiger partial charge on any atom is -0.398 e. The molecule has 0 heterocycles. The van der Waals surface area contributed by atoms with Crippen molar-refractivity contribution in [2.45, 2.75) is 33.0 Å². The molecule has 3 nitrogen and oxygen atoms in total. The molecule has 0 aliphatic heterocycles. The first kappa shape index (κ1) is 15.5. The molecule has 0 unspecified atom stereocenters. The summed E-state index contributed by atoms with van der Waals surface area (Å²) < 4.78 is 0. The van der Waals surface area contributed by atoms with E-state index in [-0.39, 0.29) is 6.61 Å². The topological polar surface area (TPSA) is 49.5 Å². The summed E-state index contributed by atoms with van der Waals surface area (Å²) in [6, 6.07) is 16.2. The summed E-state index contributed by atoms with van der Waals surface area (Å²) >= 11 is 0. The van der Waals surface area contributed by atoms with Gasteiger partial charge in [0, 0.05) is 18.8 Å². The Morgan fingerprint density at radius 3 is 2.24 bits per heavy atom. The molecule has 2 rings (SSSR count). The van der Waals surface area contributed by atoms with Crippen LogP contribution in [0.15, 0.2) is 48.5 Å². The van der Waals surface area contributed by atoms with Gasteiger partial charge in [-0.25, -0.2) is 0 Å². The Bertz CT molecular complexity index is 551. The van der Waals surface area contributed by atoms with Crippen LogP contribution in [0.3, 0.4) is 0 Å². The number of hydrogen-bond acceptors (Lipinski definition) is 3. The number of aliphatic hydroxyl groups excluding tert-OH is 1. The van der Waals surface area contributed by atoms with Gasteiger partial charge in [-0.2, -0.15) is 0 Å². The van der Waals surface area contributed by atoms with E-state index >= 15 is 0 Å². The average molecular weight is 284 g/mol. The highest BCUT2D eigenvalue weighted by atomic mass is 16.3. The maximum atomic E-state index is 9.10. The van der Waals surface area contributed by atoms with Gasteiger partial charge in [-0.05, 0) is 35.7 Å². The predicted octanol–water partition coefficient (Wildman–Crippen LogP) is 3.17. The summed E-state index contributed by atoms with van der Waals surface area (Å²) in [6.45, 7) is 5.09. The van der Waals surface area contributed by atoms with Gasteiger partial charge in [0.25, 0.3) is 0 Å². The van der Waals surface area contributed by atoms with Crippen LogP contribution in [0.25, 0.3) is 0 Å². The second kappa shape index (κ2) is 7.81. The fraction of sp³-hybridized carbons (Fsp3) is 0.333. The number of nitrogens with two attached hydrogens (primary N) is 1. The number of rotatable bonds is 7. The van der Waals surface area contributed by atoms with Crippen molar-refractivity contribution in [1.82, 2.24) is 4.90 Å². The van der Waals surface area contributed by atoms with E-state index < -0.39 is 0 Å². The van der Waals surface area contributed by atoms with E-state index in [9.17, 15) is 0 Å². The second-order valence-electron chi connectivity index (χ2n) is 5.38. The van der Waals surface area contributed by atoms with E-state index in [0.717, 1.165) is 37.3 Å². The van der Waals surface area contributed by atoms with Gasteiger partial charge in [-0.1, -0.05) is 49.4 Å². The quantitative estimate of drug-likeness (QED) is 0.768. The molecular formula is C18H24N2O. The van der Waals surface area contributed by atoms with Gasteiger partial charge in [0.05, 0.1) is 6.61 Å². The highest BCUT2D eigenvalue weighted by Crippen LogP contribution is 2.16. The first-order valence-corrected chi connectivity index (χ1v) is 7.47. The van der Waals surface area contributed by atoms with E-state index in [1.54, 1.807) is 0 Å². The minimum absolute atomic E-state index is 0.0967. The molecule has 112 valence electrons. The molecule has 2 aromatic carbocycles. The summed E-state index contributed by atoms with van der Waals surface area (Å²) in [7, 11) is 0. The van der Waals surface area contributed by atoms with Crippen molar-refractivity contribution >= 4 is 5.69 Å². The summed E-state index contributed by atoms with van der Waals surface area (Å²) in [4.78, 5) is 2.40. The molecular weight excluding hydrogens is 260 g/mol. The number of benzene rings is 2. The largest absolute Gasteiger partial charge is 0.398 e. The van der Waals surface area contributed by atoms with E-state index in [0.29, 0.717) is 0 Å². The lowest BCUT2D eigenvalue weighted by molar-refractivity contribution is 0.257. The number of aliphatic hydroxyl groups is 1. The molecule has 3 heteroatoms. The highest BCUT2D eigenvalue weighted by Gasteiger charge is 2.08. The Labute approximate surface area is 127 Å². The van der Waals surface area contributed by atoms with Crippen LogP contribution in [0.5, 0.6) is 0 Å². The third-order valence-electron chi connectivity index (χ3n) is 3.60. The molecule has 2 aromatic rings. The molecule has 0 aliphatic rings. The summed E-state index contributed by atoms with van der Waals surface area (Å²) in [5, 5.41) is 9.10. The molecule has 0 fully saturated rings. The molecule has 0 radical (unpaired) electrons. The van der Waals surface area contributed by atoms with Crippen molar-refractivity contribution in [2.24, 2.45) is 0 Å². The molecule has 0 atom stereocenters. The fourth-order valence-corrected chi connectivity index (χ4v) is 2.46. The number of nitrogen functional groups attached to an aromatic ring is 1. The Morgan fingerprint density at radius 1 is 0.952 bits per heavy atom. The third kappa shape index (κ3) is 4.59. The normalized spacial score (nSPS) is 11.0. The van der Waals surface area contributed by atoms with Gasteiger partial charge in [-0.15, -0.1) is 0 Å². The van der Waals surface area contributed by atoms with Crippen LogP contribution in [-0.2, 0) is 19.7 Å². The van der Waals surface area contributed by atoms with Crippen molar-refractivity contribution in [3.8, 4) is 0 Å². The molecule has 3 N–H and O–H groups in total. The molecule has 21 heavy (non-hydrogen) atoms. The molecule has 0 amide bonds. The number of nitrogens with zero attached hydrogens (tertiary/aromatic N) is 1. The van der Waals surface area contributed by atoms with E-state index in [1.807, 2.05) is 30.3 Å². The summed E-state index contributed by atoms with van der Waals surface area (Å²) in [6.07, 6.45) is 1.11. The van der Waals surface area contributed by atoms with E-state index in [2.05, 4.69) is 30.0 Å². The van der Waals surface area contributed by atoms with Gasteiger partial charge < -0.3 is 10.8 Å². The van der Waals surface area contributed by atoms with Gasteiger partial charge in [-0.3, -0.25) is 4.90 Å². The fourth-order valence-electron chi connectivity index (χ4n) is 2.46. The molecule has 0 bridgehead atoms. The van der Waals surface area contributed by atoms with Crippen LogP contribution in [0.1, 0.15) is 30.0 Å². The molecule has 0 saturated carbocycles. The van der Waals surface area contributed by atoms with E-state index in [4.69, 9.17) is 10.8 Å². The Balaban J connectivity index is 2.06. The summed E-state index contributed by atoms with van der Waals surface area (Å²) in [5.74, 6) is 0. The lowest BCUT2D eigenvalue weighted by atomic mass is 10.1. The van der Waals surface area contributed by atoms with Crippen molar-refractivity contribution in [1.29, 1.82) is 0 Å². The van der Waals surface area contributed by atoms with Gasteiger partial charge in [0.2, 0.25) is 0 Å². The van der Waals surface area contributed by atoms with Crippen LogP contribution in [0.4, 0.5) is 5.69 Å². The van der Waals surface area contributed by atoms with Crippen molar-refractivity contribution in [3.63, 3.8) is 0 Å². The monoisotopic (exact) mass is 284 g/mol. The van der Waals surface area contributed by atoms with Crippen molar-refractivity contribution in [3.05, 3.63) is 65.2 Å². The molecule has 0 aliphatic carbocycles. The smallest absolute Gasteiger partial charge is 0.0681 e. The third-order valence-corrected chi connectivity index (χ3v) is 3.60. The number of anilines is 1. The highest BCUT2D eigenvalue weighted by molar-refractivity contribution is 5.46. The van der Waals surface area contributed by atoms with Crippen molar-refractivity contribution < 1.29 is 5.11 Å². The van der Waals surface area contributed by atoms with Crippen LogP contribution in [0.2, 0.25) is 0 Å².